The molecule has 0 bridgehead atoms. The molecule has 0 aliphatic heterocycles. The molecule has 3 rings (SSSR count). The normalized spacial score (nSPS) is 10.8. The van der Waals surface area contributed by atoms with E-state index in [4.69, 9.17) is 0 Å². The first-order valence-electron chi connectivity index (χ1n) is 6.18. The lowest BCUT2D eigenvalue weighted by Gasteiger charge is -1.98. The lowest BCUT2D eigenvalue weighted by Crippen LogP contribution is -1.98. The minimum absolute atomic E-state index is 0.645. The first-order chi connectivity index (χ1) is 9.85. The van der Waals surface area contributed by atoms with Crippen LogP contribution in [0.15, 0.2) is 33.9 Å². The monoisotopic (exact) mass is 304 g/mol. The summed E-state index contributed by atoms with van der Waals surface area (Å²) in [7, 11) is 0. The van der Waals surface area contributed by atoms with Crippen molar-refractivity contribution in [2.75, 3.05) is 11.9 Å². The molecular weight excluding hydrogens is 292 g/mol. The van der Waals surface area contributed by atoms with Crippen LogP contribution in [0.4, 0.5) is 5.13 Å². The molecule has 102 valence electrons. The van der Waals surface area contributed by atoms with E-state index in [1.165, 1.54) is 23.1 Å². The predicted octanol–water partition coefficient (Wildman–Crippen LogP) is 2.85. The summed E-state index contributed by atoms with van der Waals surface area (Å²) in [5.74, 6) is 0. The zero-order chi connectivity index (χ0) is 13.8. The third-order valence-electron chi connectivity index (χ3n) is 2.43. The Morgan fingerprint density at radius 1 is 1.20 bits per heavy atom. The fourth-order valence-corrected chi connectivity index (χ4v) is 3.23. The van der Waals surface area contributed by atoms with Crippen LogP contribution in [0, 0.1) is 0 Å². The van der Waals surface area contributed by atoms with Crippen molar-refractivity contribution < 1.29 is 0 Å². The van der Waals surface area contributed by atoms with Crippen LogP contribution in [0.1, 0.15) is 13.3 Å². The summed E-state index contributed by atoms with van der Waals surface area (Å²) in [5.41, 5.74) is 1.44. The lowest BCUT2D eigenvalue weighted by molar-refractivity contribution is 0.950. The number of nitrogens with zero attached hydrogens (tertiary/aromatic N) is 5. The van der Waals surface area contributed by atoms with E-state index in [-0.39, 0.29) is 0 Å². The Kier molecular flexibility index (Phi) is 4.03. The average Bonchev–Trinajstić information content (AvgIpc) is 2.92. The van der Waals surface area contributed by atoms with Gasteiger partial charge in [0.2, 0.25) is 5.13 Å². The summed E-state index contributed by atoms with van der Waals surface area (Å²) in [6, 6.07) is 3.83. The number of hydrogen-bond acceptors (Lipinski definition) is 8. The molecule has 1 N–H and O–H groups in total. The highest BCUT2D eigenvalue weighted by Gasteiger charge is 2.07. The maximum Gasteiger partial charge on any atom is 0.206 e. The van der Waals surface area contributed by atoms with E-state index < -0.39 is 0 Å². The van der Waals surface area contributed by atoms with Gasteiger partial charge in [0.1, 0.15) is 10.5 Å². The number of hydrogen-bond donors (Lipinski definition) is 1. The summed E-state index contributed by atoms with van der Waals surface area (Å²) in [4.78, 5) is 12.8. The Morgan fingerprint density at radius 2 is 2.10 bits per heavy atom. The Bertz CT molecular complexity index is 714. The zero-order valence-electron chi connectivity index (χ0n) is 10.8. The lowest BCUT2D eigenvalue weighted by atomic mass is 10.4. The summed E-state index contributed by atoms with van der Waals surface area (Å²) in [5, 5.41) is 13.1. The fourth-order valence-electron chi connectivity index (χ4n) is 1.54. The SMILES string of the molecule is CCCNc1nnc(Sc2ccc3nccnc3n2)s1. The predicted molar refractivity (Wildman–Crippen MR) is 80.1 cm³/mol. The van der Waals surface area contributed by atoms with Crippen LogP contribution in [0.3, 0.4) is 0 Å². The standard InChI is InChI=1S/C12H12N6S2/c1-2-5-15-11-17-18-12(20-11)19-9-4-3-8-10(16-9)14-7-6-13-8/h3-4,6-7H,2,5H2,1H3,(H,15,17). The van der Waals surface area contributed by atoms with E-state index in [0.717, 1.165) is 33.0 Å². The number of nitrogens with one attached hydrogen (secondary N) is 1. The molecule has 0 saturated heterocycles. The molecule has 3 aromatic rings. The molecule has 0 aromatic carbocycles. The Labute approximate surface area is 124 Å². The Balaban J connectivity index is 1.76. The van der Waals surface area contributed by atoms with Gasteiger partial charge in [0.25, 0.3) is 0 Å². The van der Waals surface area contributed by atoms with Crippen molar-refractivity contribution in [3.05, 3.63) is 24.5 Å². The quantitative estimate of drug-likeness (QED) is 0.776. The van der Waals surface area contributed by atoms with Crippen molar-refractivity contribution in [3.8, 4) is 0 Å². The molecule has 0 fully saturated rings. The van der Waals surface area contributed by atoms with Crippen LogP contribution in [-0.4, -0.2) is 31.7 Å². The molecule has 0 unspecified atom stereocenters. The first-order valence-corrected chi connectivity index (χ1v) is 7.81. The van der Waals surface area contributed by atoms with Crippen molar-refractivity contribution in [3.63, 3.8) is 0 Å². The highest BCUT2D eigenvalue weighted by molar-refractivity contribution is 8.01. The van der Waals surface area contributed by atoms with Crippen molar-refractivity contribution in [2.24, 2.45) is 0 Å². The van der Waals surface area contributed by atoms with Gasteiger partial charge in [0, 0.05) is 18.9 Å². The van der Waals surface area contributed by atoms with Gasteiger partial charge < -0.3 is 5.32 Å². The number of rotatable bonds is 5. The third-order valence-corrected chi connectivity index (χ3v) is 4.30. The highest BCUT2D eigenvalue weighted by atomic mass is 32.2. The molecule has 0 atom stereocenters. The van der Waals surface area contributed by atoms with Gasteiger partial charge in [0.05, 0.1) is 0 Å². The van der Waals surface area contributed by atoms with Crippen LogP contribution in [0.2, 0.25) is 0 Å². The second-order valence-electron chi connectivity index (χ2n) is 3.95. The van der Waals surface area contributed by atoms with Gasteiger partial charge in [-0.05, 0) is 30.3 Å². The molecule has 3 aromatic heterocycles. The summed E-state index contributed by atoms with van der Waals surface area (Å²) in [6.45, 7) is 3.02. The number of aromatic nitrogens is 5. The third kappa shape index (κ3) is 3.02. The van der Waals surface area contributed by atoms with Crippen molar-refractivity contribution in [1.82, 2.24) is 25.1 Å². The number of fused-ring (bicyclic) bond motifs is 1. The highest BCUT2D eigenvalue weighted by Crippen LogP contribution is 2.31. The topological polar surface area (TPSA) is 76.5 Å². The largest absolute Gasteiger partial charge is 0.360 e. The number of anilines is 1. The van der Waals surface area contributed by atoms with Gasteiger partial charge in [-0.15, -0.1) is 10.2 Å². The van der Waals surface area contributed by atoms with Gasteiger partial charge in [0.15, 0.2) is 9.99 Å². The van der Waals surface area contributed by atoms with Crippen molar-refractivity contribution in [2.45, 2.75) is 22.7 Å². The van der Waals surface area contributed by atoms with Crippen LogP contribution in [0.25, 0.3) is 11.2 Å². The summed E-state index contributed by atoms with van der Waals surface area (Å²) >= 11 is 3.01. The molecule has 0 aliphatic carbocycles. The zero-order valence-corrected chi connectivity index (χ0v) is 12.4. The summed E-state index contributed by atoms with van der Waals surface area (Å²) in [6.07, 6.45) is 4.36. The van der Waals surface area contributed by atoms with Gasteiger partial charge >= 0.3 is 0 Å². The minimum Gasteiger partial charge on any atom is -0.360 e. The molecule has 6 nitrogen and oxygen atoms in total. The van der Waals surface area contributed by atoms with E-state index in [1.807, 2.05) is 12.1 Å². The van der Waals surface area contributed by atoms with E-state index >= 15 is 0 Å². The van der Waals surface area contributed by atoms with E-state index in [2.05, 4.69) is 37.4 Å². The maximum atomic E-state index is 4.45. The fraction of sp³-hybridized carbons (Fsp3) is 0.250. The Morgan fingerprint density at radius 3 is 3.00 bits per heavy atom. The molecule has 20 heavy (non-hydrogen) atoms. The molecule has 0 aliphatic rings. The van der Waals surface area contributed by atoms with E-state index in [9.17, 15) is 0 Å². The van der Waals surface area contributed by atoms with Gasteiger partial charge in [-0.1, -0.05) is 18.3 Å². The van der Waals surface area contributed by atoms with Gasteiger partial charge in [-0.2, -0.15) is 0 Å². The Hall–Kier alpha value is -1.80. The molecule has 0 amide bonds. The van der Waals surface area contributed by atoms with Crippen LogP contribution >= 0.6 is 23.1 Å². The van der Waals surface area contributed by atoms with Crippen LogP contribution in [-0.2, 0) is 0 Å². The van der Waals surface area contributed by atoms with E-state index in [0.29, 0.717) is 5.65 Å². The number of pyridine rings is 1. The van der Waals surface area contributed by atoms with Crippen LogP contribution < -0.4 is 5.32 Å². The first kappa shape index (κ1) is 13.2. The maximum absolute atomic E-state index is 4.45. The van der Waals surface area contributed by atoms with Crippen molar-refractivity contribution >= 4 is 39.4 Å². The second-order valence-corrected chi connectivity index (χ2v) is 6.20. The van der Waals surface area contributed by atoms with Crippen molar-refractivity contribution in [1.29, 1.82) is 0 Å². The molecule has 3 heterocycles. The average molecular weight is 304 g/mol. The van der Waals surface area contributed by atoms with E-state index in [1.54, 1.807) is 12.4 Å². The molecular formula is C12H12N6S2. The molecule has 8 heteroatoms. The summed E-state index contributed by atoms with van der Waals surface area (Å²) < 4.78 is 0.861. The minimum atomic E-state index is 0.645. The smallest absolute Gasteiger partial charge is 0.206 e. The van der Waals surface area contributed by atoms with Gasteiger partial charge in [-0.3, -0.25) is 4.98 Å². The molecule has 0 radical (unpaired) electrons. The second kappa shape index (κ2) is 6.10. The molecule has 0 saturated carbocycles. The van der Waals surface area contributed by atoms with Crippen LogP contribution in [0.5, 0.6) is 0 Å². The molecule has 0 spiro atoms. The van der Waals surface area contributed by atoms with Gasteiger partial charge in [-0.25, -0.2) is 9.97 Å².